The molecule has 0 aliphatic heterocycles. The van der Waals surface area contributed by atoms with Gasteiger partial charge < -0.3 is 14.8 Å². The zero-order valence-corrected chi connectivity index (χ0v) is 15.0. The van der Waals surface area contributed by atoms with Crippen molar-refractivity contribution in [1.82, 2.24) is 0 Å². The van der Waals surface area contributed by atoms with E-state index in [1.54, 1.807) is 18.2 Å². The number of carbonyl (C=O) groups is 1. The maximum Gasteiger partial charge on any atom is 0.265 e. The molecule has 0 heterocycles. The molecule has 0 bridgehead atoms. The highest BCUT2D eigenvalue weighted by Crippen LogP contribution is 2.22. The number of aryl methyl sites for hydroxylation is 2. The van der Waals surface area contributed by atoms with Gasteiger partial charge in [0, 0.05) is 5.69 Å². The summed E-state index contributed by atoms with van der Waals surface area (Å²) in [5, 5.41) is 2.89. The molecule has 0 aliphatic carbocycles. The fourth-order valence-corrected chi connectivity index (χ4v) is 2.42. The molecule has 2 rings (SSSR count). The van der Waals surface area contributed by atoms with Crippen LogP contribution < -0.4 is 14.8 Å². The number of ether oxygens (including phenoxy) is 2. The topological polar surface area (TPSA) is 47.6 Å². The highest BCUT2D eigenvalue weighted by molar-refractivity contribution is 5.94. The van der Waals surface area contributed by atoms with E-state index in [4.69, 9.17) is 9.47 Å². The van der Waals surface area contributed by atoms with Gasteiger partial charge in [-0.25, -0.2) is 0 Å². The molecule has 2 aromatic rings. The van der Waals surface area contributed by atoms with Gasteiger partial charge in [0.15, 0.2) is 6.10 Å². The van der Waals surface area contributed by atoms with Gasteiger partial charge in [0.25, 0.3) is 5.91 Å². The molecule has 0 aliphatic rings. The van der Waals surface area contributed by atoms with Gasteiger partial charge in [0.05, 0.1) is 0 Å². The second kappa shape index (κ2) is 8.92. The van der Waals surface area contributed by atoms with E-state index >= 15 is 0 Å². The molecule has 4 nitrogen and oxygen atoms in total. The molecular weight excluding hydrogens is 314 g/mol. The van der Waals surface area contributed by atoms with Crippen LogP contribution in [-0.2, 0) is 4.79 Å². The van der Waals surface area contributed by atoms with Crippen molar-refractivity contribution in [2.24, 2.45) is 0 Å². The third-order valence-electron chi connectivity index (χ3n) is 3.75. The van der Waals surface area contributed by atoms with E-state index in [1.165, 1.54) is 5.56 Å². The predicted molar refractivity (Wildman–Crippen MR) is 101 cm³/mol. The second-order valence-corrected chi connectivity index (χ2v) is 5.90. The van der Waals surface area contributed by atoms with Crippen LogP contribution in [0.5, 0.6) is 11.5 Å². The van der Waals surface area contributed by atoms with E-state index in [1.807, 2.05) is 51.1 Å². The minimum absolute atomic E-state index is 0.165. The molecule has 0 fully saturated rings. The van der Waals surface area contributed by atoms with Crippen molar-refractivity contribution in [3.05, 3.63) is 66.2 Å². The molecule has 0 saturated heterocycles. The van der Waals surface area contributed by atoms with Gasteiger partial charge in [-0.2, -0.15) is 0 Å². The van der Waals surface area contributed by atoms with E-state index in [9.17, 15) is 4.79 Å². The zero-order chi connectivity index (χ0) is 18.2. The van der Waals surface area contributed by atoms with Gasteiger partial charge in [0.2, 0.25) is 0 Å². The molecule has 0 saturated carbocycles. The second-order valence-electron chi connectivity index (χ2n) is 5.90. The number of carbonyl (C=O) groups excluding carboxylic acids is 1. The van der Waals surface area contributed by atoms with Crippen LogP contribution in [0.1, 0.15) is 24.5 Å². The summed E-state index contributed by atoms with van der Waals surface area (Å²) in [6.07, 6.45) is 1.73. The molecule has 2 aromatic carbocycles. The number of hydrogen-bond donors (Lipinski definition) is 1. The summed E-state index contributed by atoms with van der Waals surface area (Å²) in [7, 11) is 0. The van der Waals surface area contributed by atoms with Gasteiger partial charge in [0.1, 0.15) is 18.1 Å². The smallest absolute Gasteiger partial charge is 0.265 e. The standard InChI is InChI=1S/C21H25NO3/c1-5-13-24-18-10-8-17(9-11-18)22-21(23)19(6-2)25-20-12-7-15(3)14-16(20)4/h5,7-12,14,19H,1,6,13H2,2-4H3,(H,22,23). The summed E-state index contributed by atoms with van der Waals surface area (Å²) in [5.41, 5.74) is 2.90. The Morgan fingerprint density at radius 1 is 1.20 bits per heavy atom. The highest BCUT2D eigenvalue weighted by Gasteiger charge is 2.19. The first-order chi connectivity index (χ1) is 12.0. The normalized spacial score (nSPS) is 11.5. The van der Waals surface area contributed by atoms with Crippen LogP contribution in [0.3, 0.4) is 0 Å². The first kappa shape index (κ1) is 18.6. The van der Waals surface area contributed by atoms with Crippen molar-refractivity contribution >= 4 is 11.6 Å². The third-order valence-corrected chi connectivity index (χ3v) is 3.75. The number of amides is 1. The number of hydrogen-bond acceptors (Lipinski definition) is 3. The minimum atomic E-state index is -0.543. The number of nitrogens with one attached hydrogen (secondary N) is 1. The Bertz CT molecular complexity index is 722. The highest BCUT2D eigenvalue weighted by atomic mass is 16.5. The molecule has 1 N–H and O–H groups in total. The van der Waals surface area contributed by atoms with Crippen LogP contribution in [0.2, 0.25) is 0 Å². The Labute approximate surface area is 149 Å². The third kappa shape index (κ3) is 5.38. The van der Waals surface area contributed by atoms with Crippen molar-refractivity contribution < 1.29 is 14.3 Å². The predicted octanol–water partition coefficient (Wildman–Crippen LogP) is 4.66. The molecule has 1 unspecified atom stereocenters. The van der Waals surface area contributed by atoms with Crippen LogP contribution >= 0.6 is 0 Å². The summed E-state index contributed by atoms with van der Waals surface area (Å²) in [4.78, 5) is 12.5. The van der Waals surface area contributed by atoms with Gasteiger partial charge >= 0.3 is 0 Å². The van der Waals surface area contributed by atoms with Crippen molar-refractivity contribution in [2.45, 2.75) is 33.3 Å². The fraction of sp³-hybridized carbons (Fsp3) is 0.286. The van der Waals surface area contributed by atoms with Crippen molar-refractivity contribution in [3.63, 3.8) is 0 Å². The molecular formula is C21H25NO3. The molecule has 132 valence electrons. The Kier molecular flexibility index (Phi) is 6.63. The van der Waals surface area contributed by atoms with E-state index in [0.29, 0.717) is 18.7 Å². The molecule has 0 radical (unpaired) electrons. The summed E-state index contributed by atoms with van der Waals surface area (Å²) >= 11 is 0. The van der Waals surface area contributed by atoms with Crippen molar-refractivity contribution in [3.8, 4) is 11.5 Å². The summed E-state index contributed by atoms with van der Waals surface area (Å²) < 4.78 is 11.3. The average molecular weight is 339 g/mol. The van der Waals surface area contributed by atoms with Crippen LogP contribution in [-0.4, -0.2) is 18.6 Å². The quantitative estimate of drug-likeness (QED) is 0.711. The van der Waals surface area contributed by atoms with Crippen LogP contribution in [0.4, 0.5) is 5.69 Å². The Morgan fingerprint density at radius 3 is 2.52 bits per heavy atom. The summed E-state index contributed by atoms with van der Waals surface area (Å²) in [5.74, 6) is 1.31. The fourth-order valence-electron chi connectivity index (χ4n) is 2.42. The lowest BCUT2D eigenvalue weighted by Crippen LogP contribution is -2.32. The van der Waals surface area contributed by atoms with Gasteiger partial charge in [-0.05, 0) is 56.2 Å². The van der Waals surface area contributed by atoms with Crippen molar-refractivity contribution in [2.75, 3.05) is 11.9 Å². The van der Waals surface area contributed by atoms with Crippen LogP contribution in [0, 0.1) is 13.8 Å². The summed E-state index contributed by atoms with van der Waals surface area (Å²) in [6, 6.07) is 13.2. The van der Waals surface area contributed by atoms with E-state index < -0.39 is 6.10 Å². The molecule has 0 aromatic heterocycles. The lowest BCUT2D eigenvalue weighted by Gasteiger charge is -2.19. The van der Waals surface area contributed by atoms with Crippen molar-refractivity contribution in [1.29, 1.82) is 0 Å². The largest absolute Gasteiger partial charge is 0.490 e. The minimum Gasteiger partial charge on any atom is -0.490 e. The van der Waals surface area contributed by atoms with E-state index in [2.05, 4.69) is 11.9 Å². The van der Waals surface area contributed by atoms with Gasteiger partial charge in [-0.15, -0.1) is 0 Å². The molecule has 0 spiro atoms. The van der Waals surface area contributed by atoms with Gasteiger partial charge in [-0.3, -0.25) is 4.79 Å². The first-order valence-electron chi connectivity index (χ1n) is 8.42. The Hall–Kier alpha value is -2.75. The van der Waals surface area contributed by atoms with Crippen LogP contribution in [0.25, 0.3) is 0 Å². The molecule has 1 atom stereocenters. The van der Waals surface area contributed by atoms with E-state index in [0.717, 1.165) is 17.1 Å². The van der Waals surface area contributed by atoms with Gasteiger partial charge in [-0.1, -0.05) is 37.3 Å². The zero-order valence-electron chi connectivity index (χ0n) is 15.0. The number of anilines is 1. The Balaban J connectivity index is 2.00. The molecule has 4 heteroatoms. The number of rotatable bonds is 8. The number of benzene rings is 2. The lowest BCUT2D eigenvalue weighted by atomic mass is 10.1. The summed E-state index contributed by atoms with van der Waals surface area (Å²) in [6.45, 7) is 10.0. The maximum atomic E-state index is 12.5. The average Bonchev–Trinajstić information content (AvgIpc) is 2.60. The first-order valence-corrected chi connectivity index (χ1v) is 8.42. The maximum absolute atomic E-state index is 12.5. The Morgan fingerprint density at radius 2 is 1.92 bits per heavy atom. The monoisotopic (exact) mass is 339 g/mol. The van der Waals surface area contributed by atoms with Crippen LogP contribution in [0.15, 0.2) is 55.1 Å². The lowest BCUT2D eigenvalue weighted by molar-refractivity contribution is -0.122. The SMILES string of the molecule is C=CCOc1ccc(NC(=O)C(CC)Oc2ccc(C)cc2C)cc1. The molecule has 1 amide bonds. The molecule has 25 heavy (non-hydrogen) atoms. The van der Waals surface area contributed by atoms with E-state index in [-0.39, 0.29) is 5.91 Å².